The van der Waals surface area contributed by atoms with Crippen LogP contribution in [0.25, 0.3) is 11.4 Å². The first-order chi connectivity index (χ1) is 8.63. The van der Waals surface area contributed by atoms with E-state index in [0.717, 1.165) is 4.88 Å². The maximum atomic E-state index is 11.8. The minimum absolute atomic E-state index is 0.306. The van der Waals surface area contributed by atoms with Gasteiger partial charge in [-0.2, -0.15) is 0 Å². The molecule has 0 saturated carbocycles. The molecule has 0 aliphatic heterocycles. The molecule has 0 aliphatic rings. The van der Waals surface area contributed by atoms with Crippen molar-refractivity contribution in [2.24, 2.45) is 0 Å². The Morgan fingerprint density at radius 2 is 2.17 bits per heavy atom. The van der Waals surface area contributed by atoms with Gasteiger partial charge in [-0.05, 0) is 32.3 Å². The van der Waals surface area contributed by atoms with Crippen molar-refractivity contribution in [2.45, 2.75) is 20.8 Å². The van der Waals surface area contributed by atoms with Gasteiger partial charge in [0.25, 0.3) is 0 Å². The average Bonchev–Trinajstić information content (AvgIpc) is 2.75. The lowest BCUT2D eigenvalue weighted by atomic mass is 10.1. The second-order valence-corrected chi connectivity index (χ2v) is 4.54. The quantitative estimate of drug-likeness (QED) is 0.786. The van der Waals surface area contributed by atoms with Crippen molar-refractivity contribution in [1.29, 1.82) is 0 Å². The highest BCUT2D eigenvalue weighted by Gasteiger charge is 2.20. The van der Waals surface area contributed by atoms with Crippen LogP contribution in [0.15, 0.2) is 6.20 Å². The van der Waals surface area contributed by atoms with E-state index in [1.807, 2.05) is 6.92 Å². The van der Waals surface area contributed by atoms with E-state index in [2.05, 4.69) is 19.6 Å². The standard InChI is InChI=1S/C11H12N4O2S/c1-4-17-11(16)8-5-12-7(3)13-10(8)9-6(2)18-15-14-9/h5H,4H2,1-3H3. The predicted molar refractivity (Wildman–Crippen MR) is 66.4 cm³/mol. The Labute approximate surface area is 108 Å². The van der Waals surface area contributed by atoms with Crippen molar-refractivity contribution in [3.05, 3.63) is 22.5 Å². The van der Waals surface area contributed by atoms with Crippen molar-refractivity contribution in [1.82, 2.24) is 19.6 Å². The van der Waals surface area contributed by atoms with E-state index in [-0.39, 0.29) is 0 Å². The molecule has 0 bridgehead atoms. The van der Waals surface area contributed by atoms with Crippen molar-refractivity contribution >= 4 is 17.5 Å². The molecular formula is C11H12N4O2S. The summed E-state index contributed by atoms with van der Waals surface area (Å²) in [5, 5.41) is 4.00. The normalized spacial score (nSPS) is 10.4. The summed E-state index contributed by atoms with van der Waals surface area (Å²) in [6.45, 7) is 5.70. The van der Waals surface area contributed by atoms with Gasteiger partial charge in [0, 0.05) is 6.20 Å². The number of ether oxygens (including phenoxy) is 1. The van der Waals surface area contributed by atoms with Crippen LogP contribution in [0, 0.1) is 13.8 Å². The summed E-state index contributed by atoms with van der Waals surface area (Å²) >= 11 is 1.27. The van der Waals surface area contributed by atoms with Crippen LogP contribution < -0.4 is 0 Å². The summed E-state index contributed by atoms with van der Waals surface area (Å²) in [7, 11) is 0. The van der Waals surface area contributed by atoms with E-state index < -0.39 is 5.97 Å². The monoisotopic (exact) mass is 264 g/mol. The highest BCUT2D eigenvalue weighted by Crippen LogP contribution is 2.24. The van der Waals surface area contributed by atoms with Crippen LogP contribution >= 0.6 is 11.5 Å². The highest BCUT2D eigenvalue weighted by atomic mass is 32.1. The van der Waals surface area contributed by atoms with Crippen LogP contribution in [-0.4, -0.2) is 32.1 Å². The zero-order chi connectivity index (χ0) is 13.1. The summed E-state index contributed by atoms with van der Waals surface area (Å²) < 4.78 is 8.84. The van der Waals surface area contributed by atoms with Crippen LogP contribution in [0.5, 0.6) is 0 Å². The lowest BCUT2D eigenvalue weighted by molar-refractivity contribution is 0.0526. The third-order valence-electron chi connectivity index (χ3n) is 2.28. The van der Waals surface area contributed by atoms with Gasteiger partial charge in [0.1, 0.15) is 22.8 Å². The summed E-state index contributed by atoms with van der Waals surface area (Å²) in [5.74, 6) is 0.130. The summed E-state index contributed by atoms with van der Waals surface area (Å²) in [4.78, 5) is 21.0. The lowest BCUT2D eigenvalue weighted by Gasteiger charge is -2.06. The molecule has 0 unspecified atom stereocenters. The predicted octanol–water partition coefficient (Wildman–Crippen LogP) is 1.79. The van der Waals surface area contributed by atoms with Gasteiger partial charge in [0.2, 0.25) is 0 Å². The van der Waals surface area contributed by atoms with E-state index in [9.17, 15) is 4.79 Å². The minimum atomic E-state index is -0.445. The Bertz CT molecular complexity index is 582. The first-order valence-corrected chi connectivity index (χ1v) is 6.21. The lowest BCUT2D eigenvalue weighted by Crippen LogP contribution is -2.09. The summed E-state index contributed by atoms with van der Waals surface area (Å²) in [6, 6.07) is 0. The van der Waals surface area contributed by atoms with Crippen LogP contribution in [-0.2, 0) is 4.74 Å². The zero-order valence-corrected chi connectivity index (χ0v) is 11.1. The van der Waals surface area contributed by atoms with Crippen molar-refractivity contribution < 1.29 is 9.53 Å². The Hall–Kier alpha value is -1.89. The van der Waals surface area contributed by atoms with Crippen molar-refractivity contribution in [2.75, 3.05) is 6.61 Å². The Kier molecular flexibility index (Phi) is 3.61. The highest BCUT2D eigenvalue weighted by molar-refractivity contribution is 7.05. The molecule has 18 heavy (non-hydrogen) atoms. The number of carbonyl (C=O) groups is 1. The molecule has 0 atom stereocenters. The molecule has 0 fully saturated rings. The van der Waals surface area contributed by atoms with Crippen molar-refractivity contribution in [3.63, 3.8) is 0 Å². The number of rotatable bonds is 3. The third kappa shape index (κ3) is 2.35. The average molecular weight is 264 g/mol. The van der Waals surface area contributed by atoms with E-state index >= 15 is 0 Å². The number of hydrogen-bond acceptors (Lipinski definition) is 7. The molecule has 2 rings (SSSR count). The van der Waals surface area contributed by atoms with Crippen LogP contribution in [0.2, 0.25) is 0 Å². The van der Waals surface area contributed by atoms with E-state index in [4.69, 9.17) is 4.74 Å². The molecule has 7 heteroatoms. The molecule has 0 N–H and O–H groups in total. The van der Waals surface area contributed by atoms with Gasteiger partial charge in [0.05, 0.1) is 11.5 Å². The van der Waals surface area contributed by atoms with E-state index in [1.54, 1.807) is 13.8 Å². The molecule has 0 aliphatic carbocycles. The largest absolute Gasteiger partial charge is 0.462 e. The van der Waals surface area contributed by atoms with Gasteiger partial charge in [-0.1, -0.05) is 4.49 Å². The molecule has 2 aromatic heterocycles. The van der Waals surface area contributed by atoms with Crippen molar-refractivity contribution in [3.8, 4) is 11.4 Å². The molecule has 0 saturated heterocycles. The number of carbonyl (C=O) groups excluding carboxylic acids is 1. The molecule has 0 spiro atoms. The van der Waals surface area contributed by atoms with Gasteiger partial charge in [-0.25, -0.2) is 14.8 Å². The van der Waals surface area contributed by atoms with Gasteiger partial charge in [-0.3, -0.25) is 0 Å². The Morgan fingerprint density at radius 3 is 2.78 bits per heavy atom. The van der Waals surface area contributed by atoms with E-state index in [1.165, 1.54) is 17.7 Å². The van der Waals surface area contributed by atoms with Crippen LogP contribution in [0.4, 0.5) is 0 Å². The van der Waals surface area contributed by atoms with E-state index in [0.29, 0.717) is 29.4 Å². The SMILES string of the molecule is CCOC(=O)c1cnc(C)nc1-c1nnsc1C. The van der Waals surface area contributed by atoms with Gasteiger partial charge < -0.3 is 4.74 Å². The van der Waals surface area contributed by atoms with Gasteiger partial charge >= 0.3 is 5.97 Å². The summed E-state index contributed by atoms with van der Waals surface area (Å²) in [6.07, 6.45) is 1.47. The Morgan fingerprint density at radius 1 is 1.39 bits per heavy atom. The molecule has 2 heterocycles. The molecular weight excluding hydrogens is 252 g/mol. The molecule has 0 aromatic carbocycles. The maximum absolute atomic E-state index is 11.8. The molecule has 6 nitrogen and oxygen atoms in total. The summed E-state index contributed by atoms with van der Waals surface area (Å²) in [5.41, 5.74) is 1.40. The second kappa shape index (κ2) is 5.18. The fourth-order valence-electron chi connectivity index (χ4n) is 1.46. The first-order valence-electron chi connectivity index (χ1n) is 5.43. The first kappa shape index (κ1) is 12.6. The molecule has 2 aromatic rings. The number of nitrogens with zero attached hydrogens (tertiary/aromatic N) is 4. The van der Waals surface area contributed by atoms with Crippen LogP contribution in [0.1, 0.15) is 28.0 Å². The number of hydrogen-bond donors (Lipinski definition) is 0. The number of esters is 1. The number of aryl methyl sites for hydroxylation is 2. The Balaban J connectivity index is 2.54. The minimum Gasteiger partial charge on any atom is -0.462 e. The number of aromatic nitrogens is 4. The second-order valence-electron chi connectivity index (χ2n) is 3.58. The fraction of sp³-hybridized carbons (Fsp3) is 0.364. The maximum Gasteiger partial charge on any atom is 0.341 e. The molecule has 94 valence electrons. The van der Waals surface area contributed by atoms with Gasteiger partial charge in [-0.15, -0.1) is 5.10 Å². The molecule has 0 radical (unpaired) electrons. The van der Waals surface area contributed by atoms with Crippen LogP contribution in [0.3, 0.4) is 0 Å². The zero-order valence-electron chi connectivity index (χ0n) is 10.3. The third-order valence-corrected chi connectivity index (χ3v) is 2.91. The fourth-order valence-corrected chi connectivity index (χ4v) is 1.93. The molecule has 0 amide bonds. The van der Waals surface area contributed by atoms with Gasteiger partial charge in [0.15, 0.2) is 0 Å². The topological polar surface area (TPSA) is 77.9 Å². The smallest absolute Gasteiger partial charge is 0.341 e.